The SMILES string of the molecule is Cc1ccc(NC(=O)Cn2ccsc2=N)c(C)c1. The Hall–Kier alpha value is -1.88. The molecular formula is C13H15N3OS. The number of aromatic nitrogens is 1. The zero-order chi connectivity index (χ0) is 13.1. The van der Waals surface area contributed by atoms with Gasteiger partial charge in [-0.2, -0.15) is 0 Å². The number of nitrogens with one attached hydrogen (secondary N) is 2. The molecule has 5 heteroatoms. The molecule has 0 saturated carbocycles. The number of hydrogen-bond donors (Lipinski definition) is 2. The summed E-state index contributed by atoms with van der Waals surface area (Å²) in [5, 5.41) is 12.3. The minimum atomic E-state index is -0.112. The molecule has 94 valence electrons. The summed E-state index contributed by atoms with van der Waals surface area (Å²) in [6.45, 7) is 4.16. The lowest BCUT2D eigenvalue weighted by molar-refractivity contribution is -0.116. The molecule has 2 rings (SSSR count). The van der Waals surface area contributed by atoms with Gasteiger partial charge < -0.3 is 9.88 Å². The maximum atomic E-state index is 11.9. The Morgan fingerprint density at radius 1 is 1.44 bits per heavy atom. The van der Waals surface area contributed by atoms with Crippen LogP contribution in [0, 0.1) is 19.3 Å². The van der Waals surface area contributed by atoms with Crippen LogP contribution in [0.3, 0.4) is 0 Å². The number of benzene rings is 1. The summed E-state index contributed by atoms with van der Waals surface area (Å²) in [5.41, 5.74) is 3.05. The largest absolute Gasteiger partial charge is 0.324 e. The quantitative estimate of drug-likeness (QED) is 0.875. The summed E-state index contributed by atoms with van der Waals surface area (Å²) in [6, 6.07) is 5.90. The van der Waals surface area contributed by atoms with Crippen LogP contribution in [0.5, 0.6) is 0 Å². The zero-order valence-corrected chi connectivity index (χ0v) is 11.2. The fraction of sp³-hybridized carbons (Fsp3) is 0.231. The molecule has 1 aromatic carbocycles. The number of aryl methyl sites for hydroxylation is 2. The van der Waals surface area contributed by atoms with Crippen LogP contribution in [0.2, 0.25) is 0 Å². The van der Waals surface area contributed by atoms with Crippen molar-refractivity contribution in [3.8, 4) is 0 Å². The van der Waals surface area contributed by atoms with Gasteiger partial charge in [-0.25, -0.2) is 0 Å². The zero-order valence-electron chi connectivity index (χ0n) is 10.4. The van der Waals surface area contributed by atoms with Crippen LogP contribution in [0.4, 0.5) is 5.69 Å². The van der Waals surface area contributed by atoms with E-state index in [1.54, 1.807) is 16.1 Å². The van der Waals surface area contributed by atoms with Crippen molar-refractivity contribution < 1.29 is 4.79 Å². The number of nitrogens with zero attached hydrogens (tertiary/aromatic N) is 1. The van der Waals surface area contributed by atoms with Crippen LogP contribution in [0.25, 0.3) is 0 Å². The van der Waals surface area contributed by atoms with Gasteiger partial charge in [-0.3, -0.25) is 10.2 Å². The maximum absolute atomic E-state index is 11.9. The molecule has 18 heavy (non-hydrogen) atoms. The first-order valence-electron chi connectivity index (χ1n) is 5.62. The van der Waals surface area contributed by atoms with E-state index in [2.05, 4.69) is 5.32 Å². The Morgan fingerprint density at radius 3 is 2.83 bits per heavy atom. The summed E-state index contributed by atoms with van der Waals surface area (Å²) in [6.07, 6.45) is 1.74. The highest BCUT2D eigenvalue weighted by atomic mass is 32.1. The average Bonchev–Trinajstić information content (AvgIpc) is 2.69. The molecule has 0 saturated heterocycles. The minimum absolute atomic E-state index is 0.112. The predicted octanol–water partition coefficient (Wildman–Crippen LogP) is 2.28. The Labute approximate surface area is 109 Å². The molecule has 0 aliphatic carbocycles. The lowest BCUT2D eigenvalue weighted by atomic mass is 10.1. The van der Waals surface area contributed by atoms with Crippen molar-refractivity contribution in [3.63, 3.8) is 0 Å². The number of thiazole rings is 1. The molecule has 0 aliphatic rings. The van der Waals surface area contributed by atoms with Crippen LogP contribution < -0.4 is 10.1 Å². The smallest absolute Gasteiger partial charge is 0.244 e. The standard InChI is InChI=1S/C13H15N3OS/c1-9-3-4-11(10(2)7-9)15-12(17)8-16-5-6-18-13(16)14/h3-7,14H,8H2,1-2H3,(H,15,17). The summed E-state index contributed by atoms with van der Waals surface area (Å²) < 4.78 is 1.61. The van der Waals surface area contributed by atoms with Crippen LogP contribution in [-0.4, -0.2) is 10.5 Å². The second-order valence-electron chi connectivity index (χ2n) is 4.20. The van der Waals surface area contributed by atoms with E-state index in [4.69, 9.17) is 5.41 Å². The van der Waals surface area contributed by atoms with Gasteiger partial charge in [-0.1, -0.05) is 17.7 Å². The predicted molar refractivity (Wildman–Crippen MR) is 72.7 cm³/mol. The minimum Gasteiger partial charge on any atom is -0.324 e. The van der Waals surface area contributed by atoms with Gasteiger partial charge in [-0.05, 0) is 25.5 Å². The summed E-state index contributed by atoms with van der Waals surface area (Å²) in [4.78, 5) is 12.2. The highest BCUT2D eigenvalue weighted by Gasteiger charge is 2.06. The molecule has 1 aromatic heterocycles. The van der Waals surface area contributed by atoms with Gasteiger partial charge in [0.2, 0.25) is 5.91 Å². The first kappa shape index (κ1) is 12.6. The van der Waals surface area contributed by atoms with Crippen LogP contribution >= 0.6 is 11.3 Å². The van der Waals surface area contributed by atoms with Gasteiger partial charge in [0.25, 0.3) is 0 Å². The Balaban J connectivity index is 2.08. The van der Waals surface area contributed by atoms with Crippen molar-refractivity contribution in [2.45, 2.75) is 20.4 Å². The van der Waals surface area contributed by atoms with Gasteiger partial charge >= 0.3 is 0 Å². The molecule has 2 N–H and O–H groups in total. The fourth-order valence-corrected chi connectivity index (χ4v) is 2.32. The third-order valence-corrected chi connectivity index (χ3v) is 3.37. The average molecular weight is 261 g/mol. The number of anilines is 1. The first-order chi connectivity index (χ1) is 8.56. The first-order valence-corrected chi connectivity index (χ1v) is 6.50. The molecule has 1 heterocycles. The lowest BCUT2D eigenvalue weighted by Gasteiger charge is -2.09. The van der Waals surface area contributed by atoms with Gasteiger partial charge in [0, 0.05) is 17.3 Å². The van der Waals surface area contributed by atoms with Crippen LogP contribution in [0.1, 0.15) is 11.1 Å². The maximum Gasteiger partial charge on any atom is 0.244 e. The van der Waals surface area contributed by atoms with E-state index in [0.717, 1.165) is 11.3 Å². The topological polar surface area (TPSA) is 57.9 Å². The highest BCUT2D eigenvalue weighted by molar-refractivity contribution is 7.06. The van der Waals surface area contributed by atoms with Crippen molar-refractivity contribution in [1.29, 1.82) is 5.41 Å². The molecule has 4 nitrogen and oxygen atoms in total. The number of carbonyl (C=O) groups excluding carboxylic acids is 1. The van der Waals surface area contributed by atoms with Gasteiger partial charge in [0.05, 0.1) is 0 Å². The summed E-state index contributed by atoms with van der Waals surface area (Å²) in [7, 11) is 0. The molecule has 0 spiro atoms. The van der Waals surface area contributed by atoms with E-state index >= 15 is 0 Å². The van der Waals surface area contributed by atoms with Crippen LogP contribution in [0.15, 0.2) is 29.8 Å². The molecule has 0 unspecified atom stereocenters. The van der Waals surface area contributed by atoms with Crippen molar-refractivity contribution in [1.82, 2.24) is 4.57 Å². The second-order valence-corrected chi connectivity index (χ2v) is 5.10. The fourth-order valence-electron chi connectivity index (χ4n) is 1.73. The number of carbonyl (C=O) groups is 1. The third-order valence-electron chi connectivity index (χ3n) is 2.65. The molecule has 0 atom stereocenters. The molecule has 0 aliphatic heterocycles. The molecule has 1 amide bonds. The Morgan fingerprint density at radius 2 is 2.22 bits per heavy atom. The van der Waals surface area contributed by atoms with Gasteiger partial charge in [0.15, 0.2) is 4.80 Å². The van der Waals surface area contributed by atoms with Crippen molar-refractivity contribution in [3.05, 3.63) is 45.7 Å². The molecule has 0 bridgehead atoms. The van der Waals surface area contributed by atoms with E-state index in [-0.39, 0.29) is 12.5 Å². The van der Waals surface area contributed by atoms with Crippen LogP contribution in [-0.2, 0) is 11.3 Å². The van der Waals surface area contributed by atoms with Gasteiger partial charge in [-0.15, -0.1) is 11.3 Å². The monoisotopic (exact) mass is 261 g/mol. The Bertz CT molecular complexity index is 627. The Kier molecular flexibility index (Phi) is 3.62. The van der Waals surface area contributed by atoms with E-state index in [0.29, 0.717) is 4.80 Å². The number of rotatable bonds is 3. The lowest BCUT2D eigenvalue weighted by Crippen LogP contribution is -2.24. The molecule has 0 radical (unpaired) electrons. The van der Waals surface area contributed by atoms with E-state index in [1.807, 2.05) is 32.0 Å². The van der Waals surface area contributed by atoms with Crippen molar-refractivity contribution >= 4 is 22.9 Å². The van der Waals surface area contributed by atoms with E-state index < -0.39 is 0 Å². The van der Waals surface area contributed by atoms with E-state index in [9.17, 15) is 4.79 Å². The second kappa shape index (κ2) is 5.18. The normalized spacial score (nSPS) is 10.3. The van der Waals surface area contributed by atoms with Crippen molar-refractivity contribution in [2.24, 2.45) is 0 Å². The molecule has 2 aromatic rings. The molecule has 0 fully saturated rings. The van der Waals surface area contributed by atoms with E-state index in [1.165, 1.54) is 16.9 Å². The highest BCUT2D eigenvalue weighted by Crippen LogP contribution is 2.15. The molecular weight excluding hydrogens is 246 g/mol. The van der Waals surface area contributed by atoms with Gasteiger partial charge in [0.1, 0.15) is 6.54 Å². The summed E-state index contributed by atoms with van der Waals surface area (Å²) >= 11 is 1.31. The number of hydrogen-bond acceptors (Lipinski definition) is 3. The number of amides is 1. The third kappa shape index (κ3) is 2.87. The summed E-state index contributed by atoms with van der Waals surface area (Å²) in [5.74, 6) is -0.112. The van der Waals surface area contributed by atoms with Crippen molar-refractivity contribution in [2.75, 3.05) is 5.32 Å².